The first-order valence-corrected chi connectivity index (χ1v) is 10.6. The average molecular weight is 476 g/mol. The molecule has 1 fully saturated rings. The normalized spacial score (nSPS) is 15.4. The lowest BCUT2D eigenvalue weighted by molar-refractivity contribution is -0.121. The van der Waals surface area contributed by atoms with E-state index >= 15 is 0 Å². The van der Waals surface area contributed by atoms with Gasteiger partial charge in [0.25, 0.3) is 0 Å². The predicted octanol–water partition coefficient (Wildman–Crippen LogP) is 5.00. The van der Waals surface area contributed by atoms with Crippen molar-refractivity contribution in [3.63, 3.8) is 0 Å². The maximum atomic E-state index is 12.5. The summed E-state index contributed by atoms with van der Waals surface area (Å²) in [5.74, 6) is 1.20. The molecular formula is C21H20BrClN4O2. The number of carbonyl (C=O) groups excluding carboxylic acids is 1. The minimum Gasteiger partial charge on any atom is -0.338 e. The molecule has 0 bridgehead atoms. The van der Waals surface area contributed by atoms with Gasteiger partial charge in [-0.05, 0) is 56.3 Å². The number of hydrogen-bond donors (Lipinski definition) is 1. The Bertz CT molecular complexity index is 1000. The zero-order valence-corrected chi connectivity index (χ0v) is 18.0. The molecule has 0 saturated carbocycles. The van der Waals surface area contributed by atoms with Crippen molar-refractivity contribution in [2.24, 2.45) is 5.92 Å². The molecule has 8 heteroatoms. The largest absolute Gasteiger partial charge is 0.338 e. The summed E-state index contributed by atoms with van der Waals surface area (Å²) < 4.78 is 6.39. The number of carbonyl (C=O) groups is 1. The molecule has 1 aromatic heterocycles. The molecule has 0 unspecified atom stereocenters. The van der Waals surface area contributed by atoms with E-state index in [1.54, 1.807) is 12.1 Å². The summed E-state index contributed by atoms with van der Waals surface area (Å²) in [6, 6.07) is 15.0. The Kier molecular flexibility index (Phi) is 6.28. The van der Waals surface area contributed by atoms with Gasteiger partial charge in [0.2, 0.25) is 17.6 Å². The lowest BCUT2D eigenvalue weighted by atomic mass is 9.96. The first kappa shape index (κ1) is 20.1. The Morgan fingerprint density at radius 3 is 2.76 bits per heavy atom. The van der Waals surface area contributed by atoms with Crippen LogP contribution >= 0.6 is 27.5 Å². The molecule has 4 rings (SSSR count). The van der Waals surface area contributed by atoms with Crippen molar-refractivity contribution in [3.05, 3.63) is 63.9 Å². The van der Waals surface area contributed by atoms with Crippen LogP contribution in [0.2, 0.25) is 5.02 Å². The van der Waals surface area contributed by atoms with Crippen LogP contribution < -0.4 is 5.32 Å². The third kappa shape index (κ3) is 5.23. The third-order valence-electron chi connectivity index (χ3n) is 4.96. The van der Waals surface area contributed by atoms with Gasteiger partial charge in [0.15, 0.2) is 0 Å². The van der Waals surface area contributed by atoms with Crippen molar-refractivity contribution in [1.29, 1.82) is 0 Å². The maximum Gasteiger partial charge on any atom is 0.241 e. The maximum absolute atomic E-state index is 12.5. The lowest BCUT2D eigenvalue weighted by Gasteiger charge is -2.30. The second-order valence-corrected chi connectivity index (χ2v) is 8.42. The quantitative estimate of drug-likeness (QED) is 0.562. The number of likely N-dealkylation sites (tertiary alicyclic amines) is 1. The van der Waals surface area contributed by atoms with Crippen LogP contribution in [0.1, 0.15) is 18.7 Å². The third-order valence-corrected chi connectivity index (χ3v) is 5.69. The molecule has 1 saturated heterocycles. The van der Waals surface area contributed by atoms with Crippen LogP contribution in [0.3, 0.4) is 0 Å². The molecule has 6 nitrogen and oxygen atoms in total. The van der Waals surface area contributed by atoms with Crippen molar-refractivity contribution >= 4 is 39.1 Å². The number of hydrogen-bond acceptors (Lipinski definition) is 5. The number of anilines is 1. The molecule has 0 radical (unpaired) electrons. The zero-order valence-electron chi connectivity index (χ0n) is 15.6. The van der Waals surface area contributed by atoms with Gasteiger partial charge in [0.05, 0.1) is 6.54 Å². The van der Waals surface area contributed by atoms with Gasteiger partial charge < -0.3 is 9.84 Å². The topological polar surface area (TPSA) is 71.3 Å². The molecule has 0 atom stereocenters. The number of rotatable bonds is 5. The molecule has 1 aliphatic heterocycles. The number of aromatic nitrogens is 2. The number of nitrogens with one attached hydrogen (secondary N) is 1. The van der Waals surface area contributed by atoms with Crippen molar-refractivity contribution in [2.75, 3.05) is 18.4 Å². The average Bonchev–Trinajstić information content (AvgIpc) is 3.17. The van der Waals surface area contributed by atoms with Crippen LogP contribution in [-0.4, -0.2) is 34.0 Å². The highest BCUT2D eigenvalue weighted by molar-refractivity contribution is 9.10. The van der Waals surface area contributed by atoms with E-state index in [0.717, 1.165) is 41.7 Å². The smallest absolute Gasteiger partial charge is 0.241 e. The highest BCUT2D eigenvalue weighted by atomic mass is 79.9. The Hall–Kier alpha value is -2.22. The van der Waals surface area contributed by atoms with E-state index in [0.29, 0.717) is 23.3 Å². The fourth-order valence-electron chi connectivity index (χ4n) is 3.42. The molecule has 3 aromatic rings. The summed E-state index contributed by atoms with van der Waals surface area (Å²) in [5, 5.41) is 7.65. The lowest BCUT2D eigenvalue weighted by Crippen LogP contribution is -2.37. The molecular weight excluding hydrogens is 456 g/mol. The highest BCUT2D eigenvalue weighted by Crippen LogP contribution is 2.24. The second-order valence-electron chi connectivity index (χ2n) is 7.07. The van der Waals surface area contributed by atoms with E-state index in [-0.39, 0.29) is 11.8 Å². The van der Waals surface area contributed by atoms with Gasteiger partial charge >= 0.3 is 0 Å². The van der Waals surface area contributed by atoms with E-state index < -0.39 is 0 Å². The van der Waals surface area contributed by atoms with Crippen LogP contribution in [-0.2, 0) is 11.3 Å². The van der Waals surface area contributed by atoms with Gasteiger partial charge in [-0.15, -0.1) is 0 Å². The van der Waals surface area contributed by atoms with Crippen LogP contribution in [0.25, 0.3) is 11.4 Å². The summed E-state index contributed by atoms with van der Waals surface area (Å²) in [6.07, 6.45) is 1.58. The van der Waals surface area contributed by atoms with E-state index in [4.69, 9.17) is 16.1 Å². The number of benzene rings is 2. The minimum absolute atomic E-state index is 0.00912. The van der Waals surface area contributed by atoms with Crippen molar-refractivity contribution in [3.8, 4) is 11.4 Å². The predicted molar refractivity (Wildman–Crippen MR) is 116 cm³/mol. The number of amides is 1. The number of halogens is 2. The van der Waals surface area contributed by atoms with E-state index in [2.05, 4.69) is 36.3 Å². The highest BCUT2D eigenvalue weighted by Gasteiger charge is 2.26. The summed E-state index contributed by atoms with van der Waals surface area (Å²) in [6.45, 7) is 2.20. The first-order chi connectivity index (χ1) is 14.1. The zero-order chi connectivity index (χ0) is 20.2. The summed E-state index contributed by atoms with van der Waals surface area (Å²) >= 11 is 9.43. The number of nitrogens with zero attached hydrogens (tertiary/aromatic N) is 3. The van der Waals surface area contributed by atoms with Crippen LogP contribution in [0.4, 0.5) is 5.69 Å². The van der Waals surface area contributed by atoms with Gasteiger partial charge in [-0.25, -0.2) is 0 Å². The molecule has 150 valence electrons. The first-order valence-electron chi connectivity index (χ1n) is 9.44. The van der Waals surface area contributed by atoms with Gasteiger partial charge in [-0.3, -0.25) is 9.69 Å². The molecule has 2 aromatic carbocycles. The second kappa shape index (κ2) is 9.07. The molecule has 29 heavy (non-hydrogen) atoms. The fraction of sp³-hybridized carbons (Fsp3) is 0.286. The molecule has 1 amide bonds. The van der Waals surface area contributed by atoms with E-state index in [1.807, 2.05) is 36.4 Å². The molecule has 2 heterocycles. The molecule has 0 spiro atoms. The Morgan fingerprint density at radius 1 is 1.21 bits per heavy atom. The van der Waals surface area contributed by atoms with E-state index in [9.17, 15) is 4.79 Å². The van der Waals surface area contributed by atoms with Crippen LogP contribution in [0.5, 0.6) is 0 Å². The van der Waals surface area contributed by atoms with Crippen molar-refractivity contribution < 1.29 is 9.32 Å². The summed E-state index contributed by atoms with van der Waals surface area (Å²) in [5.41, 5.74) is 1.64. The number of piperidine rings is 1. The fourth-order valence-corrected chi connectivity index (χ4v) is 4.01. The summed E-state index contributed by atoms with van der Waals surface area (Å²) in [7, 11) is 0. The van der Waals surface area contributed by atoms with Gasteiger partial charge in [-0.1, -0.05) is 50.9 Å². The Morgan fingerprint density at radius 2 is 2.00 bits per heavy atom. The molecule has 1 N–H and O–H groups in total. The molecule has 1 aliphatic rings. The Balaban J connectivity index is 1.29. The molecule has 0 aliphatic carbocycles. The monoisotopic (exact) mass is 474 g/mol. The van der Waals surface area contributed by atoms with Gasteiger partial charge in [-0.2, -0.15) is 4.98 Å². The van der Waals surface area contributed by atoms with Crippen molar-refractivity contribution in [1.82, 2.24) is 15.0 Å². The van der Waals surface area contributed by atoms with Crippen molar-refractivity contribution in [2.45, 2.75) is 19.4 Å². The van der Waals surface area contributed by atoms with Crippen LogP contribution in [0.15, 0.2) is 57.5 Å². The summed E-state index contributed by atoms with van der Waals surface area (Å²) in [4.78, 5) is 19.3. The van der Waals surface area contributed by atoms with E-state index in [1.165, 1.54) is 0 Å². The van der Waals surface area contributed by atoms with Crippen LogP contribution in [0, 0.1) is 5.92 Å². The standard InChI is InChI=1S/C21H20BrClN4O2/c22-16-4-1-3-15(11-16)20-25-19(29-26-20)13-27-9-7-14(8-10-27)21(28)24-18-6-2-5-17(23)12-18/h1-6,11-12,14H,7-10,13H2,(H,24,28). The SMILES string of the molecule is O=C(Nc1cccc(Cl)c1)C1CCN(Cc2nc(-c3cccc(Br)c3)no2)CC1. The van der Waals surface area contributed by atoms with Gasteiger partial charge in [0.1, 0.15) is 0 Å². The van der Waals surface area contributed by atoms with Gasteiger partial charge in [0, 0.05) is 26.7 Å². The minimum atomic E-state index is -0.00912. The Labute approximate surface area is 182 Å².